The fourth-order valence-electron chi connectivity index (χ4n) is 2.16. The predicted octanol–water partition coefficient (Wildman–Crippen LogP) is 4.73. The van der Waals surface area contributed by atoms with E-state index in [1.54, 1.807) is 29.2 Å². The number of hydrogen-bond acceptors (Lipinski definition) is 5. The highest BCUT2D eigenvalue weighted by molar-refractivity contribution is 8.26. The van der Waals surface area contributed by atoms with Crippen LogP contribution in [0.4, 0.5) is 0 Å². The van der Waals surface area contributed by atoms with Gasteiger partial charge >= 0.3 is 0 Å². The van der Waals surface area contributed by atoms with Gasteiger partial charge in [0, 0.05) is 12.6 Å². The molecule has 0 atom stereocenters. The number of ether oxygens (including phenoxy) is 1. The zero-order valence-electron chi connectivity index (χ0n) is 12.8. The molecule has 1 aliphatic heterocycles. The molecule has 0 N–H and O–H groups in total. The average Bonchev–Trinajstić information content (AvgIpc) is 3.11. The first-order valence-electron chi connectivity index (χ1n) is 7.30. The van der Waals surface area contributed by atoms with Crippen molar-refractivity contribution in [1.82, 2.24) is 4.90 Å². The van der Waals surface area contributed by atoms with E-state index in [9.17, 15) is 4.79 Å². The number of benzene rings is 1. The predicted molar refractivity (Wildman–Crippen MR) is 100 cm³/mol. The lowest BCUT2D eigenvalue weighted by Crippen LogP contribution is -2.27. The van der Waals surface area contributed by atoms with E-state index in [0.29, 0.717) is 38.1 Å². The summed E-state index contributed by atoms with van der Waals surface area (Å²) in [6, 6.07) is 10.9. The molecule has 4 nitrogen and oxygen atoms in total. The Kier molecular flexibility index (Phi) is 5.28. The summed E-state index contributed by atoms with van der Waals surface area (Å²) < 4.78 is 11.9. The Morgan fingerprint density at radius 1 is 1.33 bits per heavy atom. The zero-order chi connectivity index (χ0) is 17.1. The number of furan rings is 1. The number of carbonyl (C=O) groups excluding carboxylic acids is 1. The molecule has 1 aliphatic rings. The summed E-state index contributed by atoms with van der Waals surface area (Å²) in [6.45, 7) is 2.72. The van der Waals surface area contributed by atoms with Crippen LogP contribution in [0.3, 0.4) is 0 Å². The molecule has 0 aliphatic carbocycles. The molecule has 1 aromatic heterocycles. The van der Waals surface area contributed by atoms with E-state index in [4.69, 9.17) is 33.0 Å². The third-order valence-corrected chi connectivity index (χ3v) is 5.04. The number of amides is 1. The highest BCUT2D eigenvalue weighted by atomic mass is 35.5. The first-order valence-corrected chi connectivity index (χ1v) is 8.90. The van der Waals surface area contributed by atoms with Crippen molar-refractivity contribution in [1.29, 1.82) is 0 Å². The van der Waals surface area contributed by atoms with Crippen LogP contribution < -0.4 is 4.74 Å². The van der Waals surface area contributed by atoms with Gasteiger partial charge in [0.2, 0.25) is 0 Å². The van der Waals surface area contributed by atoms with Crippen LogP contribution in [0.5, 0.6) is 5.75 Å². The molecule has 0 unspecified atom stereocenters. The lowest BCUT2D eigenvalue weighted by atomic mass is 10.3. The largest absolute Gasteiger partial charge is 0.484 e. The van der Waals surface area contributed by atoms with Crippen molar-refractivity contribution in [2.24, 2.45) is 0 Å². The Morgan fingerprint density at radius 2 is 2.12 bits per heavy atom. The number of para-hydroxylation sites is 1. The van der Waals surface area contributed by atoms with E-state index in [0.717, 1.165) is 0 Å². The molecule has 0 spiro atoms. The van der Waals surface area contributed by atoms with Crippen molar-refractivity contribution in [2.75, 3.05) is 6.54 Å². The van der Waals surface area contributed by atoms with Crippen molar-refractivity contribution < 1.29 is 13.9 Å². The molecule has 0 radical (unpaired) electrons. The number of halogens is 1. The molecular formula is C17H14ClNO3S2. The second kappa shape index (κ2) is 7.42. The van der Waals surface area contributed by atoms with Gasteiger partial charge in [-0.1, -0.05) is 47.7 Å². The molecule has 1 saturated heterocycles. The number of hydrogen-bond donors (Lipinski definition) is 0. The molecule has 1 amide bonds. The first-order chi connectivity index (χ1) is 11.6. The number of nitrogens with zero attached hydrogens (tertiary/aromatic N) is 1. The van der Waals surface area contributed by atoms with Gasteiger partial charge in [0.25, 0.3) is 5.91 Å². The lowest BCUT2D eigenvalue weighted by molar-refractivity contribution is -0.121. The van der Waals surface area contributed by atoms with Gasteiger partial charge in [-0.3, -0.25) is 9.69 Å². The SMILES string of the molecule is CCN1C(=O)/C(=C/c2ccc(COc3ccccc3Cl)o2)SC1=S. The minimum atomic E-state index is -0.0854. The Labute approximate surface area is 154 Å². The summed E-state index contributed by atoms with van der Waals surface area (Å²) in [7, 11) is 0. The molecule has 124 valence electrons. The maximum Gasteiger partial charge on any atom is 0.266 e. The maximum atomic E-state index is 12.2. The molecule has 1 aromatic carbocycles. The van der Waals surface area contributed by atoms with E-state index in [2.05, 4.69) is 0 Å². The second-order valence-electron chi connectivity index (χ2n) is 4.95. The number of thiocarbonyl (C=S) groups is 1. The minimum Gasteiger partial charge on any atom is -0.484 e. The van der Waals surface area contributed by atoms with Crippen molar-refractivity contribution in [3.8, 4) is 5.75 Å². The molecule has 2 aromatic rings. The molecule has 0 bridgehead atoms. The van der Waals surface area contributed by atoms with E-state index in [1.807, 2.05) is 25.1 Å². The second-order valence-corrected chi connectivity index (χ2v) is 7.03. The Bertz CT molecular complexity index is 816. The average molecular weight is 380 g/mol. The first kappa shape index (κ1) is 17.1. The van der Waals surface area contributed by atoms with E-state index < -0.39 is 0 Å². The normalized spacial score (nSPS) is 16.2. The molecule has 3 rings (SSSR count). The van der Waals surface area contributed by atoms with E-state index in [-0.39, 0.29) is 12.5 Å². The van der Waals surface area contributed by atoms with Gasteiger partial charge in [0.15, 0.2) is 0 Å². The van der Waals surface area contributed by atoms with Crippen LogP contribution in [0.15, 0.2) is 45.7 Å². The van der Waals surface area contributed by atoms with Crippen LogP contribution in [0.25, 0.3) is 6.08 Å². The van der Waals surface area contributed by atoms with Gasteiger partial charge in [-0.15, -0.1) is 0 Å². The monoisotopic (exact) mass is 379 g/mol. The minimum absolute atomic E-state index is 0.0854. The van der Waals surface area contributed by atoms with Crippen molar-refractivity contribution in [3.63, 3.8) is 0 Å². The maximum absolute atomic E-state index is 12.2. The molecule has 0 saturated carbocycles. The number of thioether (sulfide) groups is 1. The molecule has 1 fully saturated rings. The van der Waals surface area contributed by atoms with Gasteiger partial charge in [-0.2, -0.15) is 0 Å². The van der Waals surface area contributed by atoms with E-state index >= 15 is 0 Å². The highest BCUT2D eigenvalue weighted by Gasteiger charge is 2.30. The van der Waals surface area contributed by atoms with Crippen molar-refractivity contribution in [3.05, 3.63) is 57.8 Å². The van der Waals surface area contributed by atoms with Crippen LogP contribution in [0.1, 0.15) is 18.4 Å². The third-order valence-electron chi connectivity index (χ3n) is 3.35. The Hall–Kier alpha value is -1.76. The summed E-state index contributed by atoms with van der Waals surface area (Å²) in [6.07, 6.45) is 1.70. The van der Waals surface area contributed by atoms with Crippen molar-refractivity contribution in [2.45, 2.75) is 13.5 Å². The number of rotatable bonds is 5. The fourth-order valence-corrected chi connectivity index (χ4v) is 3.72. The smallest absolute Gasteiger partial charge is 0.266 e. The molecule has 24 heavy (non-hydrogen) atoms. The van der Waals surface area contributed by atoms with Crippen LogP contribution in [-0.4, -0.2) is 21.7 Å². The summed E-state index contributed by atoms with van der Waals surface area (Å²) in [5, 5.41) is 0.549. The Morgan fingerprint density at radius 3 is 2.83 bits per heavy atom. The zero-order valence-corrected chi connectivity index (χ0v) is 15.2. The quantitative estimate of drug-likeness (QED) is 0.554. The topological polar surface area (TPSA) is 42.7 Å². The Balaban J connectivity index is 1.68. The number of carbonyl (C=O) groups is 1. The van der Waals surface area contributed by atoms with Crippen LogP contribution in [0, 0.1) is 0 Å². The number of likely N-dealkylation sites (N-methyl/N-ethyl adjacent to an activating group) is 1. The highest BCUT2D eigenvalue weighted by Crippen LogP contribution is 2.32. The summed E-state index contributed by atoms with van der Waals surface area (Å²) in [5.74, 6) is 1.75. The fraction of sp³-hybridized carbons (Fsp3) is 0.176. The van der Waals surface area contributed by atoms with Crippen LogP contribution in [0.2, 0.25) is 5.02 Å². The van der Waals surface area contributed by atoms with Gasteiger partial charge in [-0.25, -0.2) is 0 Å². The van der Waals surface area contributed by atoms with Gasteiger partial charge in [0.1, 0.15) is 28.2 Å². The van der Waals surface area contributed by atoms with Gasteiger partial charge in [0.05, 0.1) is 9.93 Å². The third kappa shape index (κ3) is 3.66. The molecule has 2 heterocycles. The van der Waals surface area contributed by atoms with E-state index in [1.165, 1.54) is 11.8 Å². The summed E-state index contributed by atoms with van der Waals surface area (Å²) in [5.41, 5.74) is 0. The van der Waals surface area contributed by atoms with Gasteiger partial charge < -0.3 is 9.15 Å². The summed E-state index contributed by atoms with van der Waals surface area (Å²) in [4.78, 5) is 14.3. The summed E-state index contributed by atoms with van der Waals surface area (Å²) >= 11 is 12.5. The molecule has 7 heteroatoms. The molecular weight excluding hydrogens is 366 g/mol. The lowest BCUT2D eigenvalue weighted by Gasteiger charge is -2.09. The van der Waals surface area contributed by atoms with Gasteiger partial charge in [-0.05, 0) is 31.2 Å². The van der Waals surface area contributed by atoms with Crippen LogP contribution in [-0.2, 0) is 11.4 Å². The van der Waals surface area contributed by atoms with Crippen molar-refractivity contribution >= 4 is 51.9 Å². The standard InChI is InChI=1S/C17H14ClNO3S2/c1-2-19-16(20)15(24-17(19)23)9-11-7-8-12(22-11)10-21-14-6-4-3-5-13(14)18/h3-9H,2,10H2,1H3/b15-9-. The van der Waals surface area contributed by atoms with Crippen LogP contribution >= 0.6 is 35.6 Å².